The number of ether oxygens (including phenoxy) is 2. The molecule has 0 bridgehead atoms. The fourth-order valence-electron chi connectivity index (χ4n) is 3.03. The van der Waals surface area contributed by atoms with Crippen LogP contribution in [0.15, 0.2) is 42.6 Å². The number of nitrogens with one attached hydrogen (secondary N) is 1. The Balaban J connectivity index is 0.00000145. The number of carbonyl (C=O) groups excluding carboxylic acids is 1. The summed E-state index contributed by atoms with van der Waals surface area (Å²) >= 11 is 0. The zero-order valence-corrected chi connectivity index (χ0v) is 22.2. The average molecular weight is 485 g/mol. The third kappa shape index (κ3) is 7.99. The standard InChI is InChI=1S/C22H28N6O3.2C2H6/c1-22(2,3)28-21(26-16-9-10-25-17(13-16)31-12-11-30-4)18(20(24)29)19(27-28)14-5-7-15(23)8-6-14;2*1-2/h5-10,13H,11-12,23H2,1-4H3,(H2,24,29)(H,25,26);2*1-2H3. The number of nitrogens with zero attached hydrogens (tertiary/aromatic N) is 3. The number of hydrogen-bond acceptors (Lipinski definition) is 7. The minimum atomic E-state index is -0.588. The highest BCUT2D eigenvalue weighted by molar-refractivity contribution is 6.04. The third-order valence-electron chi connectivity index (χ3n) is 4.49. The molecule has 1 aromatic carbocycles. The second-order valence-corrected chi connectivity index (χ2v) is 7.99. The van der Waals surface area contributed by atoms with Crippen molar-refractivity contribution < 1.29 is 14.3 Å². The van der Waals surface area contributed by atoms with E-state index < -0.39 is 11.4 Å². The van der Waals surface area contributed by atoms with Gasteiger partial charge in [-0.25, -0.2) is 9.67 Å². The molecule has 0 radical (unpaired) electrons. The van der Waals surface area contributed by atoms with E-state index in [1.54, 1.807) is 42.3 Å². The van der Waals surface area contributed by atoms with Crippen LogP contribution < -0.4 is 21.5 Å². The smallest absolute Gasteiger partial charge is 0.254 e. The van der Waals surface area contributed by atoms with Gasteiger partial charge in [0, 0.05) is 36.3 Å². The van der Waals surface area contributed by atoms with Crippen LogP contribution in [0.2, 0.25) is 0 Å². The molecule has 0 atom stereocenters. The second kappa shape index (κ2) is 14.0. The summed E-state index contributed by atoms with van der Waals surface area (Å²) in [6.07, 6.45) is 1.62. The lowest BCUT2D eigenvalue weighted by atomic mass is 10.1. The number of hydrogen-bond donors (Lipinski definition) is 3. The highest BCUT2D eigenvalue weighted by Gasteiger charge is 2.28. The Hall–Kier alpha value is -3.59. The summed E-state index contributed by atoms with van der Waals surface area (Å²) in [5, 5.41) is 8.02. The molecule has 0 unspecified atom stereocenters. The van der Waals surface area contributed by atoms with E-state index >= 15 is 0 Å². The largest absolute Gasteiger partial charge is 0.475 e. The van der Waals surface area contributed by atoms with Crippen LogP contribution in [0.1, 0.15) is 58.8 Å². The number of benzene rings is 1. The fourth-order valence-corrected chi connectivity index (χ4v) is 3.03. The second-order valence-electron chi connectivity index (χ2n) is 7.99. The predicted molar refractivity (Wildman–Crippen MR) is 143 cm³/mol. The molecule has 3 aromatic rings. The van der Waals surface area contributed by atoms with Crippen LogP contribution in [-0.2, 0) is 10.3 Å². The van der Waals surface area contributed by atoms with Gasteiger partial charge in [-0.1, -0.05) is 39.8 Å². The number of anilines is 3. The molecule has 192 valence electrons. The van der Waals surface area contributed by atoms with Crippen molar-refractivity contribution in [3.63, 3.8) is 0 Å². The van der Waals surface area contributed by atoms with E-state index in [4.69, 9.17) is 26.0 Å². The summed E-state index contributed by atoms with van der Waals surface area (Å²) in [6.45, 7) is 14.8. The van der Waals surface area contributed by atoms with E-state index in [1.165, 1.54) is 0 Å². The SMILES string of the molecule is CC.CC.COCCOc1cc(Nc2c(C(N)=O)c(-c3ccc(N)cc3)nn2C(C)(C)C)ccn1. The Kier molecular flexibility index (Phi) is 11.7. The monoisotopic (exact) mass is 484 g/mol. The first-order valence-electron chi connectivity index (χ1n) is 11.8. The van der Waals surface area contributed by atoms with Crippen molar-refractivity contribution in [1.82, 2.24) is 14.8 Å². The number of amides is 1. The molecule has 0 spiro atoms. The molecule has 2 aromatic heterocycles. The third-order valence-corrected chi connectivity index (χ3v) is 4.49. The number of nitrogens with two attached hydrogens (primary N) is 2. The molecule has 9 nitrogen and oxygen atoms in total. The number of primary amides is 1. The van der Waals surface area contributed by atoms with Gasteiger partial charge in [0.25, 0.3) is 5.91 Å². The van der Waals surface area contributed by atoms with Crippen molar-refractivity contribution in [3.8, 4) is 17.1 Å². The first-order chi connectivity index (χ1) is 16.7. The lowest BCUT2D eigenvalue weighted by molar-refractivity contribution is 0.100. The van der Waals surface area contributed by atoms with Crippen LogP contribution in [0.3, 0.4) is 0 Å². The van der Waals surface area contributed by atoms with E-state index in [0.29, 0.717) is 47.5 Å². The molecule has 0 aliphatic carbocycles. The minimum absolute atomic E-state index is 0.290. The van der Waals surface area contributed by atoms with Crippen molar-refractivity contribution in [2.75, 3.05) is 31.4 Å². The molecule has 2 heterocycles. The molecule has 0 saturated heterocycles. The number of pyridine rings is 1. The van der Waals surface area contributed by atoms with Gasteiger partial charge < -0.3 is 26.3 Å². The fraction of sp³-hybridized carbons (Fsp3) is 0.423. The maximum Gasteiger partial charge on any atom is 0.254 e. The van der Waals surface area contributed by atoms with Gasteiger partial charge in [-0.15, -0.1) is 0 Å². The van der Waals surface area contributed by atoms with Crippen LogP contribution in [0.4, 0.5) is 17.2 Å². The lowest BCUT2D eigenvalue weighted by Gasteiger charge is -2.23. The first-order valence-corrected chi connectivity index (χ1v) is 11.8. The van der Waals surface area contributed by atoms with Crippen LogP contribution >= 0.6 is 0 Å². The Bertz CT molecular complexity index is 1060. The van der Waals surface area contributed by atoms with Crippen molar-refractivity contribution >= 4 is 23.1 Å². The van der Waals surface area contributed by atoms with Crippen molar-refractivity contribution in [1.29, 1.82) is 0 Å². The van der Waals surface area contributed by atoms with Crippen molar-refractivity contribution in [3.05, 3.63) is 48.2 Å². The number of rotatable bonds is 8. The zero-order chi connectivity index (χ0) is 26.6. The predicted octanol–water partition coefficient (Wildman–Crippen LogP) is 5.20. The Morgan fingerprint density at radius 2 is 1.69 bits per heavy atom. The van der Waals surface area contributed by atoms with Crippen LogP contribution in [0, 0.1) is 0 Å². The van der Waals surface area contributed by atoms with E-state index in [1.807, 2.05) is 60.6 Å². The van der Waals surface area contributed by atoms with Crippen molar-refractivity contribution in [2.45, 2.75) is 54.0 Å². The van der Waals surface area contributed by atoms with E-state index in [2.05, 4.69) is 10.3 Å². The normalized spacial score (nSPS) is 10.4. The Labute approximate surface area is 208 Å². The molecule has 0 aliphatic heterocycles. The van der Waals surface area contributed by atoms with Crippen LogP contribution in [0.25, 0.3) is 11.3 Å². The van der Waals surface area contributed by atoms with E-state index in [0.717, 1.165) is 5.56 Å². The number of carbonyl (C=O) groups is 1. The highest BCUT2D eigenvalue weighted by Crippen LogP contribution is 2.35. The quantitative estimate of drug-likeness (QED) is 0.296. The number of methoxy groups -OCH3 is 1. The van der Waals surface area contributed by atoms with E-state index in [9.17, 15) is 4.79 Å². The lowest BCUT2D eigenvalue weighted by Crippen LogP contribution is -2.25. The topological polar surface area (TPSA) is 130 Å². The molecule has 3 rings (SSSR count). The van der Waals surface area contributed by atoms with Gasteiger partial charge in [-0.3, -0.25) is 4.79 Å². The molecular formula is C26H40N6O3. The molecule has 0 aliphatic rings. The van der Waals surface area contributed by atoms with Crippen LogP contribution in [0.5, 0.6) is 5.88 Å². The Morgan fingerprint density at radius 3 is 2.23 bits per heavy atom. The summed E-state index contributed by atoms with van der Waals surface area (Å²) < 4.78 is 12.3. The molecule has 0 saturated carbocycles. The zero-order valence-electron chi connectivity index (χ0n) is 22.2. The molecule has 35 heavy (non-hydrogen) atoms. The van der Waals surface area contributed by atoms with E-state index in [-0.39, 0.29) is 0 Å². The number of nitrogen functional groups attached to an aromatic ring is 1. The summed E-state index contributed by atoms with van der Waals surface area (Å²) in [7, 11) is 1.60. The van der Waals surface area contributed by atoms with Gasteiger partial charge in [-0.2, -0.15) is 5.10 Å². The first kappa shape index (κ1) is 29.4. The maximum absolute atomic E-state index is 12.5. The average Bonchev–Trinajstić information content (AvgIpc) is 3.22. The van der Waals surface area contributed by atoms with Gasteiger partial charge >= 0.3 is 0 Å². The molecule has 9 heteroatoms. The molecule has 5 N–H and O–H groups in total. The minimum Gasteiger partial charge on any atom is -0.475 e. The van der Waals surface area contributed by atoms with Gasteiger partial charge in [0.15, 0.2) is 0 Å². The molecule has 1 amide bonds. The van der Waals surface area contributed by atoms with Crippen molar-refractivity contribution in [2.24, 2.45) is 5.73 Å². The highest BCUT2D eigenvalue weighted by atomic mass is 16.5. The van der Waals surface area contributed by atoms with Gasteiger partial charge in [-0.05, 0) is 39.0 Å². The van der Waals surface area contributed by atoms with Gasteiger partial charge in [0.2, 0.25) is 5.88 Å². The Morgan fingerprint density at radius 1 is 1.06 bits per heavy atom. The van der Waals surface area contributed by atoms with Gasteiger partial charge in [0.05, 0.1) is 12.1 Å². The van der Waals surface area contributed by atoms with Crippen LogP contribution in [-0.4, -0.2) is 41.0 Å². The molecular weight excluding hydrogens is 444 g/mol. The summed E-state index contributed by atoms with van der Waals surface area (Å²) in [5.41, 5.74) is 14.0. The van der Waals surface area contributed by atoms with Gasteiger partial charge in [0.1, 0.15) is 23.7 Å². The summed E-state index contributed by atoms with van der Waals surface area (Å²) in [4.78, 5) is 16.7. The maximum atomic E-state index is 12.5. The summed E-state index contributed by atoms with van der Waals surface area (Å²) in [5.74, 6) is 0.333. The number of aromatic nitrogens is 3. The summed E-state index contributed by atoms with van der Waals surface area (Å²) in [6, 6.07) is 10.7. The molecule has 0 fully saturated rings.